The second-order valence-corrected chi connectivity index (χ2v) is 5.38. The van der Waals surface area contributed by atoms with Gasteiger partial charge in [-0.3, -0.25) is 0 Å². The lowest BCUT2D eigenvalue weighted by atomic mass is 9.82. The third-order valence-electron chi connectivity index (χ3n) is 4.21. The summed E-state index contributed by atoms with van der Waals surface area (Å²) in [6.45, 7) is 4.46. The monoisotopic (exact) mass is 247 g/mol. The van der Waals surface area contributed by atoms with Crippen molar-refractivity contribution in [3.05, 3.63) is 23.8 Å². The van der Waals surface area contributed by atoms with Gasteiger partial charge in [-0.15, -0.1) is 0 Å². The van der Waals surface area contributed by atoms with Gasteiger partial charge in [-0.1, -0.05) is 26.2 Å². The van der Waals surface area contributed by atoms with Crippen LogP contribution < -0.4 is 10.1 Å². The Kier molecular flexibility index (Phi) is 4.51. The van der Waals surface area contributed by atoms with Crippen molar-refractivity contribution in [2.45, 2.75) is 52.0 Å². The largest absolute Gasteiger partial charge is 0.497 e. The van der Waals surface area contributed by atoms with Crippen LogP contribution >= 0.6 is 0 Å². The summed E-state index contributed by atoms with van der Waals surface area (Å²) in [6, 6.07) is 6.94. The Balaban J connectivity index is 2.07. The maximum absolute atomic E-state index is 5.25. The molecule has 2 unspecified atom stereocenters. The standard InChI is InChI=1S/C16H25NO/c1-4-13-7-5-6-8-16(13)17-15-10-9-14(18-3)11-12(15)2/h9-11,13,16-17H,4-8H2,1-3H3. The van der Waals surface area contributed by atoms with Gasteiger partial charge in [-0.2, -0.15) is 0 Å². The molecule has 1 aliphatic rings. The number of methoxy groups -OCH3 is 1. The maximum Gasteiger partial charge on any atom is 0.119 e. The lowest BCUT2D eigenvalue weighted by Gasteiger charge is -2.32. The summed E-state index contributed by atoms with van der Waals surface area (Å²) < 4.78 is 5.25. The molecular formula is C16H25NO. The molecule has 0 bridgehead atoms. The fourth-order valence-electron chi connectivity index (χ4n) is 3.01. The summed E-state index contributed by atoms with van der Waals surface area (Å²) in [5.41, 5.74) is 2.54. The Morgan fingerprint density at radius 3 is 2.72 bits per heavy atom. The summed E-state index contributed by atoms with van der Waals surface area (Å²) in [6.07, 6.45) is 6.74. The average Bonchev–Trinajstić information content (AvgIpc) is 2.41. The van der Waals surface area contributed by atoms with E-state index in [0.717, 1.165) is 11.7 Å². The molecule has 2 rings (SSSR count). The van der Waals surface area contributed by atoms with E-state index in [0.29, 0.717) is 6.04 Å². The highest BCUT2D eigenvalue weighted by molar-refractivity contribution is 5.54. The minimum atomic E-state index is 0.649. The van der Waals surface area contributed by atoms with Crippen molar-refractivity contribution in [2.75, 3.05) is 12.4 Å². The van der Waals surface area contributed by atoms with Crippen molar-refractivity contribution < 1.29 is 4.74 Å². The van der Waals surface area contributed by atoms with Crippen molar-refractivity contribution in [3.63, 3.8) is 0 Å². The molecule has 0 aliphatic heterocycles. The molecule has 1 aliphatic carbocycles. The smallest absolute Gasteiger partial charge is 0.119 e. The molecule has 1 saturated carbocycles. The lowest BCUT2D eigenvalue weighted by molar-refractivity contribution is 0.317. The Bertz CT molecular complexity index is 389. The first-order valence-corrected chi connectivity index (χ1v) is 7.15. The third kappa shape index (κ3) is 2.98. The van der Waals surface area contributed by atoms with E-state index in [-0.39, 0.29) is 0 Å². The molecule has 1 aromatic carbocycles. The molecule has 1 fully saturated rings. The third-order valence-corrected chi connectivity index (χ3v) is 4.21. The second-order valence-electron chi connectivity index (χ2n) is 5.38. The van der Waals surface area contributed by atoms with E-state index in [9.17, 15) is 0 Å². The molecule has 1 N–H and O–H groups in total. The van der Waals surface area contributed by atoms with Crippen LogP contribution in [0.1, 0.15) is 44.6 Å². The predicted octanol–water partition coefficient (Wildman–Crippen LogP) is 4.38. The first kappa shape index (κ1) is 13.3. The summed E-state index contributed by atoms with van der Waals surface area (Å²) >= 11 is 0. The summed E-state index contributed by atoms with van der Waals surface area (Å²) in [5.74, 6) is 1.77. The molecule has 2 atom stereocenters. The van der Waals surface area contributed by atoms with E-state index in [1.54, 1.807) is 7.11 Å². The van der Waals surface area contributed by atoms with Crippen LogP contribution in [0.3, 0.4) is 0 Å². The van der Waals surface area contributed by atoms with Crippen molar-refractivity contribution >= 4 is 5.69 Å². The van der Waals surface area contributed by atoms with E-state index < -0.39 is 0 Å². The molecule has 0 aromatic heterocycles. The van der Waals surface area contributed by atoms with Gasteiger partial charge in [0.25, 0.3) is 0 Å². The highest BCUT2D eigenvalue weighted by Gasteiger charge is 2.23. The second kappa shape index (κ2) is 6.12. The van der Waals surface area contributed by atoms with E-state index in [4.69, 9.17) is 4.74 Å². The Labute approximate surface area is 111 Å². The zero-order chi connectivity index (χ0) is 13.0. The molecule has 0 spiro atoms. The van der Waals surface area contributed by atoms with Crippen molar-refractivity contribution in [1.82, 2.24) is 0 Å². The van der Waals surface area contributed by atoms with Gasteiger partial charge >= 0.3 is 0 Å². The van der Waals surface area contributed by atoms with Crippen molar-refractivity contribution in [2.24, 2.45) is 5.92 Å². The number of aryl methyl sites for hydroxylation is 1. The van der Waals surface area contributed by atoms with Crippen molar-refractivity contribution in [1.29, 1.82) is 0 Å². The van der Waals surface area contributed by atoms with Gasteiger partial charge in [-0.25, -0.2) is 0 Å². The zero-order valence-electron chi connectivity index (χ0n) is 11.8. The molecule has 0 heterocycles. The van der Waals surface area contributed by atoms with Gasteiger partial charge < -0.3 is 10.1 Å². The molecule has 2 nitrogen and oxygen atoms in total. The Hall–Kier alpha value is -1.18. The molecular weight excluding hydrogens is 222 g/mol. The lowest BCUT2D eigenvalue weighted by Crippen LogP contribution is -2.32. The Morgan fingerprint density at radius 2 is 2.06 bits per heavy atom. The van der Waals surface area contributed by atoms with E-state index in [1.165, 1.54) is 43.4 Å². The summed E-state index contributed by atoms with van der Waals surface area (Å²) in [4.78, 5) is 0. The topological polar surface area (TPSA) is 21.3 Å². The van der Waals surface area contributed by atoms with Gasteiger partial charge in [0.05, 0.1) is 7.11 Å². The first-order valence-electron chi connectivity index (χ1n) is 7.15. The van der Waals surface area contributed by atoms with Crippen LogP contribution in [0.4, 0.5) is 5.69 Å². The van der Waals surface area contributed by atoms with Gasteiger partial charge in [0.2, 0.25) is 0 Å². The number of hydrogen-bond donors (Lipinski definition) is 1. The van der Waals surface area contributed by atoms with Gasteiger partial charge in [-0.05, 0) is 49.4 Å². The van der Waals surface area contributed by atoms with Crippen LogP contribution in [0.15, 0.2) is 18.2 Å². The minimum Gasteiger partial charge on any atom is -0.497 e. The van der Waals surface area contributed by atoms with Crippen LogP contribution in [0.25, 0.3) is 0 Å². The molecule has 18 heavy (non-hydrogen) atoms. The SMILES string of the molecule is CCC1CCCCC1Nc1ccc(OC)cc1C. The van der Waals surface area contributed by atoms with Crippen LogP contribution in [0, 0.1) is 12.8 Å². The first-order chi connectivity index (χ1) is 8.74. The van der Waals surface area contributed by atoms with Crippen LogP contribution in [0.5, 0.6) is 5.75 Å². The van der Waals surface area contributed by atoms with E-state index >= 15 is 0 Å². The highest BCUT2D eigenvalue weighted by Crippen LogP contribution is 2.31. The fourth-order valence-corrected chi connectivity index (χ4v) is 3.01. The number of ether oxygens (including phenoxy) is 1. The number of benzene rings is 1. The summed E-state index contributed by atoms with van der Waals surface area (Å²) in [5, 5.41) is 3.75. The number of nitrogens with one attached hydrogen (secondary N) is 1. The average molecular weight is 247 g/mol. The number of hydrogen-bond acceptors (Lipinski definition) is 2. The normalized spacial score (nSPS) is 23.7. The minimum absolute atomic E-state index is 0.649. The fraction of sp³-hybridized carbons (Fsp3) is 0.625. The van der Waals surface area contributed by atoms with Crippen LogP contribution in [-0.2, 0) is 0 Å². The summed E-state index contributed by atoms with van der Waals surface area (Å²) in [7, 11) is 1.72. The van der Waals surface area contributed by atoms with Crippen molar-refractivity contribution in [3.8, 4) is 5.75 Å². The highest BCUT2D eigenvalue weighted by atomic mass is 16.5. The van der Waals surface area contributed by atoms with Gasteiger partial charge in [0.1, 0.15) is 5.75 Å². The van der Waals surface area contributed by atoms with Gasteiger partial charge in [0.15, 0.2) is 0 Å². The van der Waals surface area contributed by atoms with E-state index in [2.05, 4.69) is 31.3 Å². The number of rotatable bonds is 4. The molecule has 2 heteroatoms. The molecule has 0 amide bonds. The van der Waals surface area contributed by atoms with E-state index in [1.807, 2.05) is 6.07 Å². The van der Waals surface area contributed by atoms with Crippen LogP contribution in [0.2, 0.25) is 0 Å². The molecule has 1 aromatic rings. The molecule has 100 valence electrons. The molecule has 0 saturated heterocycles. The maximum atomic E-state index is 5.25. The zero-order valence-corrected chi connectivity index (χ0v) is 11.8. The van der Waals surface area contributed by atoms with Gasteiger partial charge in [0, 0.05) is 11.7 Å². The number of anilines is 1. The Morgan fingerprint density at radius 1 is 1.28 bits per heavy atom. The van der Waals surface area contributed by atoms with Crippen LogP contribution in [-0.4, -0.2) is 13.2 Å². The quantitative estimate of drug-likeness (QED) is 0.852. The predicted molar refractivity (Wildman–Crippen MR) is 77.4 cm³/mol. The molecule has 0 radical (unpaired) electrons.